The SMILES string of the molecule is C=C1[C@H](O)C[C@H](c2ccncc2NC(=O)c2nc(-c3c(F)cccc3F)ncc2N)OC12CC2. The number of nitrogens with two attached hydrogens (primary N) is 1. The second-order valence-corrected chi connectivity index (χ2v) is 8.39. The van der Waals surface area contributed by atoms with E-state index >= 15 is 0 Å². The van der Waals surface area contributed by atoms with E-state index in [1.165, 1.54) is 12.3 Å². The average Bonchev–Trinajstić information content (AvgIpc) is 3.58. The van der Waals surface area contributed by atoms with E-state index in [1.807, 2.05) is 0 Å². The van der Waals surface area contributed by atoms with Crippen molar-refractivity contribution in [2.24, 2.45) is 0 Å². The zero-order valence-corrected chi connectivity index (χ0v) is 18.0. The number of nitrogen functional groups attached to an aromatic ring is 1. The maximum atomic E-state index is 14.2. The molecule has 34 heavy (non-hydrogen) atoms. The fourth-order valence-electron chi connectivity index (χ4n) is 4.16. The van der Waals surface area contributed by atoms with Crippen molar-refractivity contribution in [3.63, 3.8) is 0 Å². The molecule has 2 fully saturated rings. The van der Waals surface area contributed by atoms with Crippen molar-refractivity contribution in [1.29, 1.82) is 0 Å². The lowest BCUT2D eigenvalue weighted by atomic mass is 9.91. The third-order valence-electron chi connectivity index (χ3n) is 6.17. The van der Waals surface area contributed by atoms with Gasteiger partial charge in [-0.25, -0.2) is 18.7 Å². The Bertz CT molecular complexity index is 1290. The first-order valence-corrected chi connectivity index (χ1v) is 10.7. The molecule has 1 amide bonds. The van der Waals surface area contributed by atoms with Crippen LogP contribution in [0.15, 0.2) is 55.0 Å². The number of amides is 1. The summed E-state index contributed by atoms with van der Waals surface area (Å²) in [4.78, 5) is 25.1. The predicted octanol–water partition coefficient (Wildman–Crippen LogP) is 3.56. The maximum absolute atomic E-state index is 14.2. The van der Waals surface area contributed by atoms with Crippen LogP contribution in [-0.4, -0.2) is 37.7 Å². The predicted molar refractivity (Wildman–Crippen MR) is 120 cm³/mol. The van der Waals surface area contributed by atoms with Crippen LogP contribution in [0.3, 0.4) is 0 Å². The van der Waals surface area contributed by atoms with Crippen LogP contribution in [0.2, 0.25) is 0 Å². The lowest BCUT2D eigenvalue weighted by molar-refractivity contribution is -0.0722. The smallest absolute Gasteiger partial charge is 0.276 e. The average molecular weight is 465 g/mol. The molecule has 1 aliphatic heterocycles. The zero-order valence-electron chi connectivity index (χ0n) is 18.0. The van der Waals surface area contributed by atoms with Crippen molar-refractivity contribution in [3.05, 3.63) is 77.9 Å². The Kier molecular flexibility index (Phi) is 5.34. The molecule has 5 rings (SSSR count). The second-order valence-electron chi connectivity index (χ2n) is 8.39. The van der Waals surface area contributed by atoms with Crippen LogP contribution in [0.25, 0.3) is 11.4 Å². The Morgan fingerprint density at radius 3 is 2.68 bits per heavy atom. The molecule has 2 aromatic heterocycles. The Morgan fingerprint density at radius 1 is 1.24 bits per heavy atom. The highest BCUT2D eigenvalue weighted by atomic mass is 19.1. The van der Waals surface area contributed by atoms with Gasteiger partial charge in [0.05, 0.1) is 47.1 Å². The van der Waals surface area contributed by atoms with Crippen molar-refractivity contribution < 1.29 is 23.4 Å². The third-order valence-corrected chi connectivity index (χ3v) is 6.17. The first kappa shape index (κ1) is 22.1. The topological polar surface area (TPSA) is 123 Å². The van der Waals surface area contributed by atoms with Crippen LogP contribution >= 0.6 is 0 Å². The number of anilines is 2. The lowest BCUT2D eigenvalue weighted by Gasteiger charge is -2.36. The van der Waals surface area contributed by atoms with Gasteiger partial charge in [-0.2, -0.15) is 0 Å². The third kappa shape index (κ3) is 3.80. The quantitative estimate of drug-likeness (QED) is 0.504. The molecule has 3 heterocycles. The van der Waals surface area contributed by atoms with Crippen molar-refractivity contribution >= 4 is 17.3 Å². The highest BCUT2D eigenvalue weighted by molar-refractivity contribution is 6.06. The molecular formula is C24H21F2N5O3. The molecule has 4 N–H and O–H groups in total. The van der Waals surface area contributed by atoms with Crippen LogP contribution < -0.4 is 11.1 Å². The molecule has 2 atom stereocenters. The number of aliphatic hydroxyl groups excluding tert-OH is 1. The first-order chi connectivity index (χ1) is 16.3. The Balaban J connectivity index is 1.45. The number of hydrogen-bond acceptors (Lipinski definition) is 7. The lowest BCUT2D eigenvalue weighted by Crippen LogP contribution is -2.35. The van der Waals surface area contributed by atoms with E-state index in [4.69, 9.17) is 10.5 Å². The number of halogens is 2. The number of pyridine rings is 1. The number of hydrogen-bond donors (Lipinski definition) is 3. The number of ether oxygens (including phenoxy) is 1. The van der Waals surface area contributed by atoms with E-state index in [0.29, 0.717) is 16.8 Å². The van der Waals surface area contributed by atoms with Crippen LogP contribution in [0, 0.1) is 11.6 Å². The molecule has 0 bridgehead atoms. The van der Waals surface area contributed by atoms with E-state index in [1.54, 1.807) is 12.3 Å². The Labute approximate surface area is 193 Å². The van der Waals surface area contributed by atoms with Gasteiger partial charge in [0.1, 0.15) is 11.6 Å². The van der Waals surface area contributed by atoms with Crippen molar-refractivity contribution in [2.45, 2.75) is 37.1 Å². The number of carbonyl (C=O) groups excluding carboxylic acids is 1. The van der Waals surface area contributed by atoms with E-state index in [9.17, 15) is 18.7 Å². The summed E-state index contributed by atoms with van der Waals surface area (Å²) < 4.78 is 34.6. The largest absolute Gasteiger partial charge is 0.396 e. The minimum absolute atomic E-state index is 0.0685. The van der Waals surface area contributed by atoms with Crippen molar-refractivity contribution in [3.8, 4) is 11.4 Å². The summed E-state index contributed by atoms with van der Waals surface area (Å²) in [6, 6.07) is 5.05. The molecule has 0 radical (unpaired) electrons. The molecule has 10 heteroatoms. The van der Waals surface area contributed by atoms with Gasteiger partial charge in [-0.3, -0.25) is 9.78 Å². The zero-order chi connectivity index (χ0) is 24.0. The molecule has 1 aliphatic carbocycles. The number of nitrogens with one attached hydrogen (secondary N) is 1. The molecule has 1 saturated carbocycles. The van der Waals surface area contributed by atoms with Crippen LogP contribution in [0.1, 0.15) is 41.4 Å². The molecular weight excluding hydrogens is 444 g/mol. The summed E-state index contributed by atoms with van der Waals surface area (Å²) >= 11 is 0. The maximum Gasteiger partial charge on any atom is 0.276 e. The molecule has 2 aliphatic rings. The van der Waals surface area contributed by atoms with E-state index < -0.39 is 40.9 Å². The normalized spacial score (nSPS) is 20.9. The van der Waals surface area contributed by atoms with E-state index in [0.717, 1.165) is 31.2 Å². The number of aliphatic hydroxyl groups is 1. The molecule has 174 valence electrons. The van der Waals surface area contributed by atoms with Gasteiger partial charge in [0, 0.05) is 18.2 Å². The highest BCUT2D eigenvalue weighted by Crippen LogP contribution is 2.54. The summed E-state index contributed by atoms with van der Waals surface area (Å²) in [5.41, 5.74) is 6.21. The van der Waals surface area contributed by atoms with Crippen LogP contribution in [0.4, 0.5) is 20.2 Å². The minimum atomic E-state index is -0.866. The monoisotopic (exact) mass is 465 g/mol. The van der Waals surface area contributed by atoms with Gasteiger partial charge in [0.15, 0.2) is 11.5 Å². The van der Waals surface area contributed by atoms with E-state index in [-0.39, 0.29) is 23.6 Å². The van der Waals surface area contributed by atoms with Gasteiger partial charge in [0.25, 0.3) is 5.91 Å². The van der Waals surface area contributed by atoms with Gasteiger partial charge in [-0.15, -0.1) is 0 Å². The molecule has 1 saturated heterocycles. The number of aromatic nitrogens is 3. The van der Waals surface area contributed by atoms with Gasteiger partial charge >= 0.3 is 0 Å². The molecule has 0 unspecified atom stereocenters. The van der Waals surface area contributed by atoms with Gasteiger partial charge < -0.3 is 20.9 Å². The van der Waals surface area contributed by atoms with Crippen molar-refractivity contribution in [2.75, 3.05) is 11.1 Å². The molecule has 8 nitrogen and oxygen atoms in total. The number of benzene rings is 1. The summed E-state index contributed by atoms with van der Waals surface area (Å²) in [5.74, 6) is -2.76. The van der Waals surface area contributed by atoms with Gasteiger partial charge in [0.2, 0.25) is 0 Å². The van der Waals surface area contributed by atoms with Crippen LogP contribution in [-0.2, 0) is 4.74 Å². The van der Waals surface area contributed by atoms with Crippen LogP contribution in [0.5, 0.6) is 0 Å². The van der Waals surface area contributed by atoms with Gasteiger partial charge in [-0.1, -0.05) is 12.6 Å². The Morgan fingerprint density at radius 2 is 1.97 bits per heavy atom. The highest BCUT2D eigenvalue weighted by Gasteiger charge is 2.53. The molecule has 1 spiro atoms. The number of nitrogens with zero attached hydrogens (tertiary/aromatic N) is 3. The van der Waals surface area contributed by atoms with Crippen molar-refractivity contribution in [1.82, 2.24) is 15.0 Å². The fraction of sp³-hybridized carbons (Fsp3) is 0.250. The summed E-state index contributed by atoms with van der Waals surface area (Å²) in [6.45, 7) is 3.97. The van der Waals surface area contributed by atoms with Gasteiger partial charge in [-0.05, 0) is 36.6 Å². The summed E-state index contributed by atoms with van der Waals surface area (Å²) in [6.07, 6.45) is 4.73. The molecule has 3 aromatic rings. The number of rotatable bonds is 4. The van der Waals surface area contributed by atoms with E-state index in [2.05, 4.69) is 26.8 Å². The standard InChI is InChI=1S/C24H21F2N5O3/c1-12-18(32)9-19(34-24(12)6-7-24)13-5-8-28-11-17(13)30-23(33)21-16(27)10-29-22(31-21)20-14(25)3-2-4-15(20)26/h2-5,8,10-11,18-19,32H,1,6-7,9,27H2,(H,30,33)/t18-,19-/m1/s1. The Hall–Kier alpha value is -3.76. The summed E-state index contributed by atoms with van der Waals surface area (Å²) in [5, 5.41) is 13.2. The molecule has 1 aromatic carbocycles. The first-order valence-electron chi connectivity index (χ1n) is 10.7. The minimum Gasteiger partial charge on any atom is -0.396 e. The number of carbonyl (C=O) groups is 1. The summed E-state index contributed by atoms with van der Waals surface area (Å²) in [7, 11) is 0. The fourth-order valence-corrected chi connectivity index (χ4v) is 4.16. The second kappa shape index (κ2) is 8.23.